The fraction of sp³-hybridized carbons (Fsp3) is 0.421. The summed E-state index contributed by atoms with van der Waals surface area (Å²) in [4.78, 5) is 16.1. The third-order valence-electron chi connectivity index (χ3n) is 4.38. The number of nitrogens with one attached hydrogen (secondary N) is 1. The maximum absolute atomic E-state index is 12.5. The van der Waals surface area contributed by atoms with Crippen LogP contribution in [0, 0.1) is 0 Å². The van der Waals surface area contributed by atoms with Crippen LogP contribution in [-0.2, 0) is 11.3 Å². The number of carbonyl (C=O) groups excluding carboxylic acids is 1. The molecule has 0 bridgehead atoms. The summed E-state index contributed by atoms with van der Waals surface area (Å²) >= 11 is 1.74. The normalized spacial score (nSPS) is 16.5. The number of carbonyl (C=O) groups is 1. The number of hydrogen-bond acceptors (Lipinski definition) is 5. The molecule has 0 atom stereocenters. The standard InChI is InChI=1S/C19H22N2O3S/c22-19(13-21(15-5-6-15)12-16-3-1-10-25-16)20-14-4-7-17-18(11-14)24-9-2-8-23-17/h1,3-4,7,10-11,15H,2,5-6,8-9,12-13H2,(H,20,22). The Hall–Kier alpha value is -2.05. The Morgan fingerprint density at radius 1 is 1.20 bits per heavy atom. The molecule has 1 saturated carbocycles. The number of benzene rings is 1. The minimum absolute atomic E-state index is 0.0120. The Morgan fingerprint density at radius 2 is 2.04 bits per heavy atom. The molecule has 4 rings (SSSR count). The third-order valence-corrected chi connectivity index (χ3v) is 5.24. The topological polar surface area (TPSA) is 50.8 Å². The summed E-state index contributed by atoms with van der Waals surface area (Å²) in [5, 5.41) is 5.07. The van der Waals surface area contributed by atoms with Crippen molar-refractivity contribution in [1.29, 1.82) is 0 Å². The van der Waals surface area contributed by atoms with Crippen LogP contribution in [0.15, 0.2) is 35.7 Å². The lowest BCUT2D eigenvalue weighted by molar-refractivity contribution is -0.117. The zero-order valence-corrected chi connectivity index (χ0v) is 14.9. The number of thiophene rings is 1. The van der Waals surface area contributed by atoms with Crippen molar-refractivity contribution in [2.24, 2.45) is 0 Å². The van der Waals surface area contributed by atoms with Crippen molar-refractivity contribution in [2.75, 3.05) is 25.1 Å². The van der Waals surface area contributed by atoms with E-state index in [1.54, 1.807) is 11.3 Å². The Morgan fingerprint density at radius 3 is 2.80 bits per heavy atom. The monoisotopic (exact) mass is 358 g/mol. The van der Waals surface area contributed by atoms with E-state index in [1.165, 1.54) is 17.7 Å². The van der Waals surface area contributed by atoms with Crippen molar-refractivity contribution in [1.82, 2.24) is 4.90 Å². The van der Waals surface area contributed by atoms with Crippen LogP contribution in [0.4, 0.5) is 5.69 Å². The molecule has 25 heavy (non-hydrogen) atoms. The quantitative estimate of drug-likeness (QED) is 0.858. The highest BCUT2D eigenvalue weighted by molar-refractivity contribution is 7.09. The predicted octanol–water partition coefficient (Wildman–Crippen LogP) is 3.51. The second-order valence-corrected chi connectivity index (χ2v) is 7.51. The van der Waals surface area contributed by atoms with Gasteiger partial charge in [-0.05, 0) is 36.4 Å². The fourth-order valence-electron chi connectivity index (χ4n) is 2.98. The first kappa shape index (κ1) is 16.4. The lowest BCUT2D eigenvalue weighted by Crippen LogP contribution is -2.34. The summed E-state index contributed by atoms with van der Waals surface area (Å²) in [5.41, 5.74) is 0.751. The van der Waals surface area contributed by atoms with E-state index in [4.69, 9.17) is 9.47 Å². The third kappa shape index (κ3) is 4.32. The smallest absolute Gasteiger partial charge is 0.238 e. The van der Waals surface area contributed by atoms with E-state index < -0.39 is 0 Å². The zero-order valence-electron chi connectivity index (χ0n) is 14.1. The van der Waals surface area contributed by atoms with Crippen LogP contribution in [0.2, 0.25) is 0 Å². The van der Waals surface area contributed by atoms with E-state index in [1.807, 2.05) is 18.2 Å². The van der Waals surface area contributed by atoms with Gasteiger partial charge in [0.2, 0.25) is 5.91 Å². The minimum atomic E-state index is 0.0120. The van der Waals surface area contributed by atoms with E-state index in [2.05, 4.69) is 27.7 Å². The average molecular weight is 358 g/mol. The van der Waals surface area contributed by atoms with Gasteiger partial charge < -0.3 is 14.8 Å². The molecule has 1 aromatic carbocycles. The van der Waals surface area contributed by atoms with Crippen LogP contribution in [0.5, 0.6) is 11.5 Å². The summed E-state index contributed by atoms with van der Waals surface area (Å²) in [7, 11) is 0. The molecular formula is C19H22N2O3S. The second-order valence-electron chi connectivity index (χ2n) is 6.48. The Bertz CT molecular complexity index is 728. The highest BCUT2D eigenvalue weighted by Crippen LogP contribution is 2.32. The van der Waals surface area contributed by atoms with Crippen LogP contribution in [0.3, 0.4) is 0 Å². The second kappa shape index (κ2) is 7.45. The summed E-state index contributed by atoms with van der Waals surface area (Å²) < 4.78 is 11.3. The maximum atomic E-state index is 12.5. The van der Waals surface area contributed by atoms with Gasteiger partial charge in [-0.2, -0.15) is 0 Å². The molecule has 1 aromatic heterocycles. The molecule has 2 aliphatic rings. The van der Waals surface area contributed by atoms with Gasteiger partial charge in [0.15, 0.2) is 11.5 Å². The van der Waals surface area contributed by atoms with Crippen LogP contribution in [-0.4, -0.2) is 36.6 Å². The lowest BCUT2D eigenvalue weighted by Gasteiger charge is -2.20. The van der Waals surface area contributed by atoms with E-state index in [0.717, 1.165) is 24.4 Å². The van der Waals surface area contributed by atoms with E-state index in [9.17, 15) is 4.79 Å². The molecule has 0 spiro atoms. The van der Waals surface area contributed by atoms with Crippen molar-refractivity contribution in [2.45, 2.75) is 31.8 Å². The molecule has 132 valence electrons. The zero-order chi connectivity index (χ0) is 17.1. The van der Waals surface area contributed by atoms with Gasteiger partial charge in [-0.3, -0.25) is 9.69 Å². The van der Waals surface area contributed by atoms with Gasteiger partial charge in [0.25, 0.3) is 0 Å². The number of amides is 1. The van der Waals surface area contributed by atoms with Crippen LogP contribution < -0.4 is 14.8 Å². The first-order valence-electron chi connectivity index (χ1n) is 8.74. The molecule has 1 aliphatic heterocycles. The SMILES string of the molecule is O=C(CN(Cc1cccs1)C1CC1)Nc1ccc2c(c1)OCCCO2. The van der Waals surface area contributed by atoms with Crippen LogP contribution >= 0.6 is 11.3 Å². The number of anilines is 1. The lowest BCUT2D eigenvalue weighted by atomic mass is 10.2. The van der Waals surface area contributed by atoms with Crippen LogP contribution in [0.25, 0.3) is 0 Å². The number of nitrogens with zero attached hydrogens (tertiary/aromatic N) is 1. The number of rotatable bonds is 6. The molecule has 1 aliphatic carbocycles. The van der Waals surface area contributed by atoms with Gasteiger partial charge in [-0.15, -0.1) is 11.3 Å². The molecule has 2 aromatic rings. The van der Waals surface area contributed by atoms with E-state index >= 15 is 0 Å². The van der Waals surface area contributed by atoms with Crippen molar-refractivity contribution < 1.29 is 14.3 Å². The first-order valence-corrected chi connectivity index (χ1v) is 9.62. The molecule has 1 amide bonds. The van der Waals surface area contributed by atoms with Gasteiger partial charge in [0.1, 0.15) is 0 Å². The molecule has 0 radical (unpaired) electrons. The molecule has 0 unspecified atom stereocenters. The number of fused-ring (bicyclic) bond motifs is 1. The highest BCUT2D eigenvalue weighted by Gasteiger charge is 2.30. The molecule has 2 heterocycles. The first-order chi connectivity index (χ1) is 12.3. The fourth-order valence-corrected chi connectivity index (χ4v) is 3.71. The summed E-state index contributed by atoms with van der Waals surface area (Å²) in [6.45, 7) is 2.56. The Balaban J connectivity index is 1.38. The van der Waals surface area contributed by atoms with Gasteiger partial charge >= 0.3 is 0 Å². The molecule has 0 saturated heterocycles. The van der Waals surface area contributed by atoms with Crippen molar-refractivity contribution >= 4 is 22.9 Å². The molecule has 1 fully saturated rings. The average Bonchev–Trinajstić information content (AvgIpc) is 3.37. The molecule has 1 N–H and O–H groups in total. The van der Waals surface area contributed by atoms with Crippen molar-refractivity contribution in [3.05, 3.63) is 40.6 Å². The molecule has 6 heteroatoms. The van der Waals surface area contributed by atoms with Gasteiger partial charge in [0, 0.05) is 35.6 Å². The van der Waals surface area contributed by atoms with Crippen LogP contribution in [0.1, 0.15) is 24.1 Å². The largest absolute Gasteiger partial charge is 0.490 e. The van der Waals surface area contributed by atoms with Crippen molar-refractivity contribution in [3.8, 4) is 11.5 Å². The Kier molecular flexibility index (Phi) is 4.90. The van der Waals surface area contributed by atoms with Gasteiger partial charge in [0.05, 0.1) is 19.8 Å². The maximum Gasteiger partial charge on any atom is 0.238 e. The highest BCUT2D eigenvalue weighted by atomic mass is 32.1. The van der Waals surface area contributed by atoms with E-state index in [0.29, 0.717) is 31.5 Å². The summed E-state index contributed by atoms with van der Waals surface area (Å²) in [5.74, 6) is 1.46. The van der Waals surface area contributed by atoms with Gasteiger partial charge in [-0.1, -0.05) is 6.07 Å². The predicted molar refractivity (Wildman–Crippen MR) is 98.4 cm³/mol. The minimum Gasteiger partial charge on any atom is -0.490 e. The van der Waals surface area contributed by atoms with Crippen molar-refractivity contribution in [3.63, 3.8) is 0 Å². The summed E-state index contributed by atoms with van der Waals surface area (Å²) in [6.07, 6.45) is 3.24. The molecular weight excluding hydrogens is 336 g/mol. The summed E-state index contributed by atoms with van der Waals surface area (Å²) in [6, 6.07) is 10.3. The van der Waals surface area contributed by atoms with E-state index in [-0.39, 0.29) is 5.91 Å². The number of ether oxygens (including phenoxy) is 2. The van der Waals surface area contributed by atoms with Gasteiger partial charge in [-0.25, -0.2) is 0 Å². The molecule has 5 nitrogen and oxygen atoms in total. The Labute approximate surface area is 151 Å². The number of hydrogen-bond donors (Lipinski definition) is 1.